The lowest BCUT2D eigenvalue weighted by atomic mass is 9.87. The van der Waals surface area contributed by atoms with E-state index in [1.807, 2.05) is 12.1 Å². The Kier molecular flexibility index (Phi) is 5.24. The van der Waals surface area contributed by atoms with Gasteiger partial charge < -0.3 is 28.6 Å². The van der Waals surface area contributed by atoms with E-state index in [-0.39, 0.29) is 18.6 Å². The molecule has 2 heterocycles. The van der Waals surface area contributed by atoms with Crippen LogP contribution in [0.5, 0.6) is 28.7 Å². The van der Waals surface area contributed by atoms with Crippen molar-refractivity contribution in [1.29, 1.82) is 0 Å². The van der Waals surface area contributed by atoms with Crippen LogP contribution in [0, 0.1) is 0 Å². The van der Waals surface area contributed by atoms with Crippen LogP contribution in [-0.2, 0) is 6.42 Å². The zero-order chi connectivity index (χ0) is 20.5. The van der Waals surface area contributed by atoms with Crippen molar-refractivity contribution < 1.29 is 33.4 Å². The fourth-order valence-electron chi connectivity index (χ4n) is 4.31. The number of hydrogen-bond acceptors (Lipinski definition) is 6. The molecule has 29 heavy (non-hydrogen) atoms. The van der Waals surface area contributed by atoms with Crippen LogP contribution < -0.4 is 28.6 Å². The summed E-state index contributed by atoms with van der Waals surface area (Å²) in [5.41, 5.74) is 2.63. The third-order valence-corrected chi connectivity index (χ3v) is 5.78. The van der Waals surface area contributed by atoms with E-state index >= 15 is 0 Å². The molecular weight excluding hydrogens is 374 g/mol. The lowest BCUT2D eigenvalue weighted by molar-refractivity contribution is -0.913. The van der Waals surface area contributed by atoms with Gasteiger partial charge in [0.1, 0.15) is 23.1 Å². The summed E-state index contributed by atoms with van der Waals surface area (Å²) in [5, 5.41) is 0. The van der Waals surface area contributed by atoms with E-state index in [2.05, 4.69) is 7.05 Å². The zero-order valence-corrected chi connectivity index (χ0v) is 17.2. The Hall–Kier alpha value is -2.93. The van der Waals surface area contributed by atoms with Gasteiger partial charge in [-0.15, -0.1) is 0 Å². The molecular formula is C22H26NO6+. The number of carbonyl (C=O) groups is 1. The molecule has 0 radical (unpaired) electrons. The SMILES string of the molecule is COc1cccc(OC)c1C(=O)C[C@H]1c2c(cc3c(c2OC)OCO3)CC[NH+]1C. The molecule has 2 atom stereocenters. The summed E-state index contributed by atoms with van der Waals surface area (Å²) >= 11 is 0. The Balaban J connectivity index is 1.76. The molecule has 0 aromatic heterocycles. The fraction of sp³-hybridized carbons (Fsp3) is 0.409. The van der Waals surface area contributed by atoms with E-state index in [0.717, 1.165) is 24.1 Å². The quantitative estimate of drug-likeness (QED) is 0.747. The van der Waals surface area contributed by atoms with E-state index in [9.17, 15) is 4.79 Å². The molecule has 0 bridgehead atoms. The van der Waals surface area contributed by atoms with Crippen molar-refractivity contribution in [3.05, 3.63) is 41.0 Å². The van der Waals surface area contributed by atoms with Crippen LogP contribution in [0.4, 0.5) is 0 Å². The maximum absolute atomic E-state index is 13.4. The van der Waals surface area contributed by atoms with Gasteiger partial charge in [0.25, 0.3) is 0 Å². The summed E-state index contributed by atoms with van der Waals surface area (Å²) in [4.78, 5) is 14.6. The predicted octanol–water partition coefficient (Wildman–Crippen LogP) is 1.83. The van der Waals surface area contributed by atoms with Crippen LogP contribution in [0.1, 0.15) is 33.9 Å². The second-order valence-electron chi connectivity index (χ2n) is 7.28. The van der Waals surface area contributed by atoms with E-state index in [4.69, 9.17) is 23.7 Å². The molecule has 7 nitrogen and oxygen atoms in total. The minimum absolute atomic E-state index is 0.0313. The first-order chi connectivity index (χ1) is 14.1. The van der Waals surface area contributed by atoms with Gasteiger partial charge in [-0.25, -0.2) is 0 Å². The van der Waals surface area contributed by atoms with Crippen molar-refractivity contribution in [1.82, 2.24) is 0 Å². The molecule has 0 fully saturated rings. The number of Topliss-reactive ketones (excluding diaryl/α,β-unsaturated/α-hetero) is 1. The number of likely N-dealkylation sites (N-methyl/N-ethyl adjacent to an activating group) is 1. The highest BCUT2D eigenvalue weighted by atomic mass is 16.7. The molecule has 0 aliphatic carbocycles. The number of rotatable bonds is 6. The topological polar surface area (TPSA) is 67.7 Å². The minimum Gasteiger partial charge on any atom is -0.496 e. The number of fused-ring (bicyclic) bond motifs is 2. The van der Waals surface area contributed by atoms with Crippen molar-refractivity contribution >= 4 is 5.78 Å². The summed E-state index contributed by atoms with van der Waals surface area (Å²) in [7, 11) is 6.85. The summed E-state index contributed by atoms with van der Waals surface area (Å²) in [5.74, 6) is 2.99. The molecule has 1 unspecified atom stereocenters. The molecule has 2 aliphatic heterocycles. The van der Waals surface area contributed by atoms with Gasteiger partial charge in [0.2, 0.25) is 12.5 Å². The van der Waals surface area contributed by atoms with Crippen LogP contribution in [0.2, 0.25) is 0 Å². The third-order valence-electron chi connectivity index (χ3n) is 5.78. The molecule has 1 N–H and O–H groups in total. The van der Waals surface area contributed by atoms with Crippen molar-refractivity contribution in [2.24, 2.45) is 0 Å². The van der Waals surface area contributed by atoms with Gasteiger partial charge in [0.05, 0.1) is 46.9 Å². The van der Waals surface area contributed by atoms with E-state index in [1.54, 1.807) is 33.5 Å². The van der Waals surface area contributed by atoms with Crippen LogP contribution >= 0.6 is 0 Å². The first-order valence-corrected chi connectivity index (χ1v) is 9.64. The highest BCUT2D eigenvalue weighted by Gasteiger charge is 2.38. The van der Waals surface area contributed by atoms with E-state index < -0.39 is 0 Å². The highest BCUT2D eigenvalue weighted by Crippen LogP contribution is 2.48. The van der Waals surface area contributed by atoms with Crippen molar-refractivity contribution in [3.8, 4) is 28.7 Å². The van der Waals surface area contributed by atoms with Gasteiger partial charge in [-0.2, -0.15) is 0 Å². The first kappa shape index (κ1) is 19.4. The number of carbonyl (C=O) groups excluding carboxylic acids is 1. The minimum atomic E-state index is -0.0784. The summed E-state index contributed by atoms with van der Waals surface area (Å²) in [6.07, 6.45) is 1.18. The first-order valence-electron chi connectivity index (χ1n) is 9.64. The van der Waals surface area contributed by atoms with Crippen LogP contribution in [0.15, 0.2) is 24.3 Å². The fourth-order valence-corrected chi connectivity index (χ4v) is 4.31. The second-order valence-corrected chi connectivity index (χ2v) is 7.28. The lowest BCUT2D eigenvalue weighted by Gasteiger charge is -2.33. The molecule has 2 aromatic carbocycles. The molecule has 2 aromatic rings. The van der Waals surface area contributed by atoms with Crippen molar-refractivity contribution in [2.75, 3.05) is 41.7 Å². The van der Waals surface area contributed by atoms with Crippen molar-refractivity contribution in [2.45, 2.75) is 18.9 Å². The van der Waals surface area contributed by atoms with E-state index in [0.29, 0.717) is 40.7 Å². The number of nitrogens with one attached hydrogen (secondary N) is 1. The largest absolute Gasteiger partial charge is 0.496 e. The average Bonchev–Trinajstić information content (AvgIpc) is 3.21. The Morgan fingerprint density at radius 2 is 1.86 bits per heavy atom. The Bertz CT molecular complexity index is 919. The smallest absolute Gasteiger partial charge is 0.231 e. The van der Waals surface area contributed by atoms with Gasteiger partial charge >= 0.3 is 0 Å². The molecule has 0 saturated heterocycles. The van der Waals surface area contributed by atoms with Crippen molar-refractivity contribution in [3.63, 3.8) is 0 Å². The van der Waals surface area contributed by atoms with Crippen LogP contribution in [-0.4, -0.2) is 47.5 Å². The number of ether oxygens (including phenoxy) is 5. The molecule has 154 valence electrons. The van der Waals surface area contributed by atoms with Gasteiger partial charge in [0, 0.05) is 6.42 Å². The number of methoxy groups -OCH3 is 3. The molecule has 7 heteroatoms. The number of benzene rings is 2. The number of quaternary nitrogens is 1. The predicted molar refractivity (Wildman–Crippen MR) is 106 cm³/mol. The monoisotopic (exact) mass is 400 g/mol. The van der Waals surface area contributed by atoms with E-state index in [1.165, 1.54) is 4.90 Å². The maximum Gasteiger partial charge on any atom is 0.231 e. The van der Waals surface area contributed by atoms with Gasteiger partial charge in [-0.3, -0.25) is 4.79 Å². The van der Waals surface area contributed by atoms with Gasteiger partial charge in [-0.1, -0.05) is 6.07 Å². The zero-order valence-electron chi connectivity index (χ0n) is 17.2. The lowest BCUT2D eigenvalue weighted by Crippen LogP contribution is -3.10. The molecule has 2 aliphatic rings. The highest BCUT2D eigenvalue weighted by molar-refractivity contribution is 6.01. The molecule has 0 amide bonds. The van der Waals surface area contributed by atoms with Crippen LogP contribution in [0.25, 0.3) is 0 Å². The summed E-state index contributed by atoms with van der Waals surface area (Å²) in [6.45, 7) is 1.09. The third kappa shape index (κ3) is 3.25. The van der Waals surface area contributed by atoms with Gasteiger partial charge in [0.15, 0.2) is 17.3 Å². The van der Waals surface area contributed by atoms with Crippen LogP contribution in [0.3, 0.4) is 0 Å². The Morgan fingerprint density at radius 3 is 2.52 bits per heavy atom. The summed E-state index contributed by atoms with van der Waals surface area (Å²) in [6, 6.07) is 7.31. The number of ketones is 1. The molecule has 0 saturated carbocycles. The normalized spacial score (nSPS) is 19.4. The molecule has 0 spiro atoms. The molecule has 4 rings (SSSR count). The number of hydrogen-bond donors (Lipinski definition) is 1. The Morgan fingerprint density at radius 1 is 1.14 bits per heavy atom. The standard InChI is InChI=1S/C22H25NO6/c1-23-9-8-13-10-18-21(29-12-28-18)22(27-4)19(13)14(23)11-15(24)20-16(25-2)6-5-7-17(20)26-3/h5-7,10,14H,8-9,11-12H2,1-4H3/p+1/t14-/m0/s1. The summed E-state index contributed by atoms with van der Waals surface area (Å²) < 4.78 is 27.8. The maximum atomic E-state index is 13.4. The Labute approximate surface area is 170 Å². The second kappa shape index (κ2) is 7.83. The average molecular weight is 400 g/mol. The van der Waals surface area contributed by atoms with Gasteiger partial charge in [-0.05, 0) is 23.8 Å².